The van der Waals surface area contributed by atoms with Crippen LogP contribution in [0.15, 0.2) is 84.4 Å². The van der Waals surface area contributed by atoms with Crippen molar-refractivity contribution in [3.05, 3.63) is 101 Å². The fourth-order valence-corrected chi connectivity index (χ4v) is 5.01. The van der Waals surface area contributed by atoms with Gasteiger partial charge in [-0.1, -0.05) is 56.3 Å². The molecule has 40 heavy (non-hydrogen) atoms. The second kappa shape index (κ2) is 13.8. The Bertz CT molecular complexity index is 1320. The highest BCUT2D eigenvalue weighted by Gasteiger charge is 2.46. The molecule has 0 bridgehead atoms. The fraction of sp³-hybridized carbons (Fsp3) is 0.333. The molecule has 1 fully saturated rings. The zero-order valence-electron chi connectivity index (χ0n) is 23.5. The van der Waals surface area contributed by atoms with Crippen molar-refractivity contribution < 1.29 is 24.2 Å². The normalized spacial score (nSPS) is 16.5. The number of carbonyl (C=O) groups is 2. The minimum Gasteiger partial charge on any atom is -0.507 e. The first-order valence-electron chi connectivity index (χ1n) is 14.0. The molecule has 3 aromatic carbocycles. The Hall–Kier alpha value is -4.10. The lowest BCUT2D eigenvalue weighted by molar-refractivity contribution is -0.140. The summed E-state index contributed by atoms with van der Waals surface area (Å²) in [4.78, 5) is 30.6. The number of hydrogen-bond donors (Lipinski definition) is 1. The van der Waals surface area contributed by atoms with E-state index in [0.29, 0.717) is 48.8 Å². The first-order chi connectivity index (χ1) is 19.5. The van der Waals surface area contributed by atoms with Gasteiger partial charge < -0.3 is 24.4 Å². The van der Waals surface area contributed by atoms with Crippen molar-refractivity contribution in [2.75, 3.05) is 32.8 Å². The molecule has 0 aliphatic carbocycles. The highest BCUT2D eigenvalue weighted by Crippen LogP contribution is 2.40. The number of nitrogens with zero attached hydrogens (tertiary/aromatic N) is 2. The number of benzene rings is 3. The lowest BCUT2D eigenvalue weighted by Gasteiger charge is -2.27. The Morgan fingerprint density at radius 3 is 2.27 bits per heavy atom. The number of hydrogen-bond acceptors (Lipinski definition) is 6. The summed E-state index contributed by atoms with van der Waals surface area (Å²) in [6, 6.07) is 23.4. The maximum Gasteiger partial charge on any atom is 0.295 e. The quantitative estimate of drug-likeness (QED) is 0.167. The van der Waals surface area contributed by atoms with E-state index in [9.17, 15) is 14.7 Å². The van der Waals surface area contributed by atoms with Crippen molar-refractivity contribution in [1.82, 2.24) is 9.80 Å². The van der Waals surface area contributed by atoms with Crippen LogP contribution in [0.2, 0.25) is 0 Å². The van der Waals surface area contributed by atoms with Crippen LogP contribution < -0.4 is 9.47 Å². The van der Waals surface area contributed by atoms with Crippen LogP contribution in [0.4, 0.5) is 0 Å². The lowest BCUT2D eigenvalue weighted by atomic mass is 9.95. The van der Waals surface area contributed by atoms with Gasteiger partial charge in [-0.2, -0.15) is 0 Å². The zero-order valence-corrected chi connectivity index (χ0v) is 23.5. The van der Waals surface area contributed by atoms with Crippen LogP contribution in [0, 0.1) is 0 Å². The Kier molecular flexibility index (Phi) is 9.97. The summed E-state index contributed by atoms with van der Waals surface area (Å²) in [6.07, 6.45) is 0.707. The fourth-order valence-electron chi connectivity index (χ4n) is 5.01. The Balaban J connectivity index is 1.69. The minimum atomic E-state index is -0.733. The van der Waals surface area contributed by atoms with E-state index in [1.165, 1.54) is 0 Å². The average molecular weight is 543 g/mol. The molecule has 210 valence electrons. The molecule has 1 saturated heterocycles. The van der Waals surface area contributed by atoms with Gasteiger partial charge in [0.25, 0.3) is 11.7 Å². The third-order valence-electron chi connectivity index (χ3n) is 7.17. The largest absolute Gasteiger partial charge is 0.507 e. The highest BCUT2D eigenvalue weighted by molar-refractivity contribution is 6.46. The van der Waals surface area contributed by atoms with Gasteiger partial charge in [0, 0.05) is 12.1 Å². The molecule has 1 aliphatic heterocycles. The van der Waals surface area contributed by atoms with Gasteiger partial charge in [-0.25, -0.2) is 0 Å². The van der Waals surface area contributed by atoms with E-state index in [-0.39, 0.29) is 11.3 Å². The average Bonchev–Trinajstić information content (AvgIpc) is 3.24. The van der Waals surface area contributed by atoms with Crippen LogP contribution in [-0.2, 0) is 16.2 Å². The molecule has 0 aromatic heterocycles. The molecule has 7 heteroatoms. The Labute approximate surface area is 236 Å². The number of amides is 1. The van der Waals surface area contributed by atoms with Gasteiger partial charge in [-0.05, 0) is 80.5 Å². The number of Topliss-reactive ketones (excluding diaryl/α,β-unsaturated/α-hetero) is 1. The number of carbonyl (C=O) groups excluding carboxylic acids is 2. The number of aliphatic hydroxyl groups excluding tert-OH is 1. The molecule has 1 aliphatic rings. The van der Waals surface area contributed by atoms with Gasteiger partial charge in [0.05, 0.1) is 18.2 Å². The molecule has 0 saturated carbocycles. The van der Waals surface area contributed by atoms with Crippen molar-refractivity contribution in [2.45, 2.75) is 39.8 Å². The Morgan fingerprint density at radius 2 is 1.60 bits per heavy atom. The molecule has 4 rings (SSSR count). The molecule has 1 atom stereocenters. The molecular formula is C33H38N2O5. The summed E-state index contributed by atoms with van der Waals surface area (Å²) in [5.74, 6) is -0.206. The van der Waals surface area contributed by atoms with E-state index < -0.39 is 17.7 Å². The summed E-state index contributed by atoms with van der Waals surface area (Å²) in [6.45, 7) is 10.0. The zero-order chi connectivity index (χ0) is 28.5. The van der Waals surface area contributed by atoms with Crippen LogP contribution in [0.5, 0.6) is 11.5 Å². The monoisotopic (exact) mass is 542 g/mol. The first-order valence-corrected chi connectivity index (χ1v) is 14.0. The predicted octanol–water partition coefficient (Wildman–Crippen LogP) is 5.82. The van der Waals surface area contributed by atoms with Gasteiger partial charge >= 0.3 is 0 Å². The van der Waals surface area contributed by atoms with Crippen LogP contribution in [-0.4, -0.2) is 59.4 Å². The first kappa shape index (κ1) is 28.9. The van der Waals surface area contributed by atoms with Gasteiger partial charge in [-0.3, -0.25) is 9.59 Å². The van der Waals surface area contributed by atoms with E-state index in [2.05, 4.69) is 18.7 Å². The second-order valence-corrected chi connectivity index (χ2v) is 9.68. The summed E-state index contributed by atoms with van der Waals surface area (Å²) < 4.78 is 11.6. The van der Waals surface area contributed by atoms with E-state index in [0.717, 1.165) is 25.2 Å². The summed E-state index contributed by atoms with van der Waals surface area (Å²) in [7, 11) is 0. The van der Waals surface area contributed by atoms with Crippen molar-refractivity contribution in [2.24, 2.45) is 0 Å². The molecule has 1 amide bonds. The van der Waals surface area contributed by atoms with Gasteiger partial charge in [0.15, 0.2) is 0 Å². The van der Waals surface area contributed by atoms with Crippen molar-refractivity contribution in [3.63, 3.8) is 0 Å². The number of ketones is 1. The standard InChI is InChI=1S/C33H38N2O5/c1-4-34(5-2)20-11-21-35-30(26-14-10-15-28(22-26)40-23-24-12-8-7-9-13-24)29(32(37)33(35)38)31(36)25-16-18-27(19-17-25)39-6-3/h7-10,12-19,22,30,36H,4-6,11,20-21,23H2,1-3H3/b31-29+. The molecule has 7 nitrogen and oxygen atoms in total. The summed E-state index contributed by atoms with van der Waals surface area (Å²) in [5.41, 5.74) is 2.27. The minimum absolute atomic E-state index is 0.0807. The second-order valence-electron chi connectivity index (χ2n) is 9.68. The topological polar surface area (TPSA) is 79.3 Å². The molecule has 1 unspecified atom stereocenters. The molecule has 0 spiro atoms. The number of rotatable bonds is 13. The van der Waals surface area contributed by atoms with Crippen LogP contribution >= 0.6 is 0 Å². The van der Waals surface area contributed by atoms with E-state index in [1.807, 2.05) is 61.5 Å². The van der Waals surface area contributed by atoms with Crippen LogP contribution in [0.1, 0.15) is 49.9 Å². The maximum atomic E-state index is 13.4. The van der Waals surface area contributed by atoms with Gasteiger partial charge in [0.1, 0.15) is 23.9 Å². The van der Waals surface area contributed by atoms with Crippen molar-refractivity contribution in [1.29, 1.82) is 0 Å². The van der Waals surface area contributed by atoms with Crippen molar-refractivity contribution in [3.8, 4) is 11.5 Å². The molecule has 1 N–H and O–H groups in total. The Morgan fingerprint density at radius 1 is 0.875 bits per heavy atom. The number of ether oxygens (including phenoxy) is 2. The summed E-state index contributed by atoms with van der Waals surface area (Å²) >= 11 is 0. The van der Waals surface area contributed by atoms with E-state index in [1.54, 1.807) is 29.2 Å². The molecule has 3 aromatic rings. The summed E-state index contributed by atoms with van der Waals surface area (Å²) in [5, 5.41) is 11.4. The molecule has 1 heterocycles. The van der Waals surface area contributed by atoms with Crippen LogP contribution in [0.25, 0.3) is 5.76 Å². The van der Waals surface area contributed by atoms with Gasteiger partial charge in [0.2, 0.25) is 0 Å². The van der Waals surface area contributed by atoms with Crippen molar-refractivity contribution >= 4 is 17.4 Å². The van der Waals surface area contributed by atoms with E-state index in [4.69, 9.17) is 9.47 Å². The van der Waals surface area contributed by atoms with Gasteiger partial charge in [-0.15, -0.1) is 0 Å². The molecular weight excluding hydrogens is 504 g/mol. The third-order valence-corrected chi connectivity index (χ3v) is 7.17. The predicted molar refractivity (Wildman–Crippen MR) is 156 cm³/mol. The maximum absolute atomic E-state index is 13.4. The smallest absolute Gasteiger partial charge is 0.295 e. The number of likely N-dealkylation sites (tertiary alicyclic amines) is 1. The SMILES string of the molecule is CCOc1ccc(/C(O)=C2\C(=O)C(=O)N(CCCN(CC)CC)C2c2cccc(OCc3ccccc3)c2)cc1. The third kappa shape index (κ3) is 6.72. The van der Waals surface area contributed by atoms with E-state index >= 15 is 0 Å². The number of aliphatic hydroxyl groups is 1. The highest BCUT2D eigenvalue weighted by atomic mass is 16.5. The lowest BCUT2D eigenvalue weighted by Crippen LogP contribution is -2.33. The van der Waals surface area contributed by atoms with Crippen LogP contribution in [0.3, 0.4) is 0 Å². The molecule has 0 radical (unpaired) electrons.